The highest BCUT2D eigenvalue weighted by atomic mass is 16.5. The summed E-state index contributed by atoms with van der Waals surface area (Å²) in [6.45, 7) is 3.17. The van der Waals surface area contributed by atoms with E-state index >= 15 is 0 Å². The maximum atomic E-state index is 12.1. The predicted molar refractivity (Wildman–Crippen MR) is 89.8 cm³/mol. The van der Waals surface area contributed by atoms with Crippen LogP contribution >= 0.6 is 0 Å². The van der Waals surface area contributed by atoms with Crippen LogP contribution in [0, 0.1) is 0 Å². The van der Waals surface area contributed by atoms with Crippen molar-refractivity contribution >= 4 is 6.03 Å². The molecule has 1 aliphatic rings. The second-order valence-electron chi connectivity index (χ2n) is 5.88. The summed E-state index contributed by atoms with van der Waals surface area (Å²) in [5, 5.41) is 14.0. The van der Waals surface area contributed by atoms with Crippen molar-refractivity contribution < 1.29 is 9.53 Å². The highest BCUT2D eigenvalue weighted by Crippen LogP contribution is 2.17. The third-order valence-electron chi connectivity index (χ3n) is 4.16. The lowest BCUT2D eigenvalue weighted by Gasteiger charge is -2.22. The number of nitrogens with one attached hydrogen (secondary N) is 2. The largest absolute Gasteiger partial charge is 0.376 e. The van der Waals surface area contributed by atoms with E-state index in [4.69, 9.17) is 4.74 Å². The van der Waals surface area contributed by atoms with Gasteiger partial charge < -0.3 is 15.4 Å². The number of hydrogen-bond acceptors (Lipinski definition) is 4. The zero-order valence-corrected chi connectivity index (χ0v) is 13.8. The molecule has 7 heteroatoms. The maximum absolute atomic E-state index is 12.1. The number of benzene rings is 1. The first-order valence-electron chi connectivity index (χ1n) is 8.39. The van der Waals surface area contributed by atoms with E-state index in [2.05, 4.69) is 27.9 Å². The van der Waals surface area contributed by atoms with Gasteiger partial charge in [0.2, 0.25) is 0 Å². The van der Waals surface area contributed by atoms with Gasteiger partial charge in [0.25, 0.3) is 0 Å². The van der Waals surface area contributed by atoms with Gasteiger partial charge in [0, 0.05) is 6.61 Å². The van der Waals surface area contributed by atoms with Crippen molar-refractivity contribution in [2.45, 2.75) is 44.9 Å². The molecule has 1 aliphatic heterocycles. The fraction of sp³-hybridized carbons (Fsp3) is 0.471. The molecule has 2 heterocycles. The lowest BCUT2D eigenvalue weighted by molar-refractivity contribution is 0.0796. The molecule has 1 fully saturated rings. The van der Waals surface area contributed by atoms with Crippen LogP contribution < -0.4 is 10.6 Å². The third-order valence-corrected chi connectivity index (χ3v) is 4.16. The smallest absolute Gasteiger partial charge is 0.315 e. The normalized spacial score (nSPS) is 18.3. The second-order valence-corrected chi connectivity index (χ2v) is 5.88. The molecule has 0 saturated carbocycles. The van der Waals surface area contributed by atoms with Crippen LogP contribution in [0.15, 0.2) is 36.5 Å². The number of carbonyl (C=O) groups is 1. The molecule has 2 atom stereocenters. The van der Waals surface area contributed by atoms with Gasteiger partial charge in [0.1, 0.15) is 5.69 Å². The number of ether oxygens (including phenoxy) is 1. The quantitative estimate of drug-likeness (QED) is 0.849. The third kappa shape index (κ3) is 4.11. The van der Waals surface area contributed by atoms with E-state index in [0.717, 1.165) is 31.6 Å². The first-order valence-corrected chi connectivity index (χ1v) is 8.39. The van der Waals surface area contributed by atoms with Crippen molar-refractivity contribution in [1.82, 2.24) is 25.6 Å². The molecular formula is C17H23N5O2. The Bertz CT molecular complexity index is 652. The number of nitrogens with zero attached hydrogens (tertiary/aromatic N) is 3. The zero-order valence-electron chi connectivity index (χ0n) is 13.8. The molecule has 0 aliphatic carbocycles. The molecule has 7 nitrogen and oxygen atoms in total. The summed E-state index contributed by atoms with van der Waals surface area (Å²) in [6, 6.07) is 9.58. The van der Waals surface area contributed by atoms with Gasteiger partial charge in [-0.2, -0.15) is 0 Å². The van der Waals surface area contributed by atoms with E-state index in [9.17, 15) is 4.79 Å². The van der Waals surface area contributed by atoms with Gasteiger partial charge in [-0.3, -0.25) is 0 Å². The molecule has 1 saturated heterocycles. The molecule has 24 heavy (non-hydrogen) atoms. The van der Waals surface area contributed by atoms with Crippen LogP contribution in [0.25, 0.3) is 5.69 Å². The van der Waals surface area contributed by atoms with Crippen LogP contribution in [0.2, 0.25) is 0 Å². The first kappa shape index (κ1) is 16.4. The summed E-state index contributed by atoms with van der Waals surface area (Å²) < 4.78 is 7.34. The van der Waals surface area contributed by atoms with Crippen LogP contribution in [0.5, 0.6) is 0 Å². The standard InChI is InChI=1S/C17H23N5O2/c1-2-15(16-9-6-10-24-16)19-17(23)18-11-13-12-22(21-20-13)14-7-4-3-5-8-14/h3-5,7-8,12,15-16H,2,6,9-11H2,1H3,(H2,18,19,23)/t15-,16+/m0/s1. The molecule has 0 unspecified atom stereocenters. The zero-order chi connectivity index (χ0) is 16.8. The lowest BCUT2D eigenvalue weighted by Crippen LogP contribution is -2.47. The van der Waals surface area contributed by atoms with Gasteiger partial charge in [-0.25, -0.2) is 9.48 Å². The summed E-state index contributed by atoms with van der Waals surface area (Å²) in [6.07, 6.45) is 4.85. The van der Waals surface area contributed by atoms with Crippen molar-refractivity contribution in [2.75, 3.05) is 6.61 Å². The van der Waals surface area contributed by atoms with E-state index in [1.807, 2.05) is 36.5 Å². The predicted octanol–water partition coefficient (Wildman–Crippen LogP) is 2.02. The van der Waals surface area contributed by atoms with Crippen molar-refractivity contribution in [3.05, 3.63) is 42.2 Å². The van der Waals surface area contributed by atoms with Gasteiger partial charge in [-0.05, 0) is 31.4 Å². The van der Waals surface area contributed by atoms with E-state index < -0.39 is 0 Å². The van der Waals surface area contributed by atoms with E-state index in [1.54, 1.807) is 4.68 Å². The van der Waals surface area contributed by atoms with Gasteiger partial charge in [-0.1, -0.05) is 30.3 Å². The summed E-state index contributed by atoms with van der Waals surface area (Å²) in [7, 11) is 0. The number of urea groups is 1. The molecule has 0 radical (unpaired) electrons. The molecule has 2 aromatic rings. The molecule has 128 valence electrons. The van der Waals surface area contributed by atoms with Crippen LogP contribution in [-0.2, 0) is 11.3 Å². The molecule has 0 spiro atoms. The number of hydrogen-bond donors (Lipinski definition) is 2. The Balaban J connectivity index is 1.50. The van der Waals surface area contributed by atoms with Crippen molar-refractivity contribution in [3.8, 4) is 5.69 Å². The molecule has 1 aromatic carbocycles. The van der Waals surface area contributed by atoms with Gasteiger partial charge >= 0.3 is 6.03 Å². The number of aromatic nitrogens is 3. The average Bonchev–Trinajstić information content (AvgIpc) is 3.30. The Morgan fingerprint density at radius 1 is 1.42 bits per heavy atom. The average molecular weight is 329 g/mol. The van der Waals surface area contributed by atoms with E-state index in [-0.39, 0.29) is 18.2 Å². The van der Waals surface area contributed by atoms with Crippen LogP contribution in [-0.4, -0.2) is 39.8 Å². The van der Waals surface area contributed by atoms with Crippen molar-refractivity contribution in [3.63, 3.8) is 0 Å². The van der Waals surface area contributed by atoms with Gasteiger partial charge in [-0.15, -0.1) is 5.10 Å². The monoisotopic (exact) mass is 329 g/mol. The molecular weight excluding hydrogens is 306 g/mol. The van der Waals surface area contributed by atoms with Crippen molar-refractivity contribution in [1.29, 1.82) is 0 Å². The van der Waals surface area contributed by atoms with Crippen LogP contribution in [0.3, 0.4) is 0 Å². The summed E-state index contributed by atoms with van der Waals surface area (Å²) >= 11 is 0. The SMILES string of the molecule is CC[C@H](NC(=O)NCc1cn(-c2ccccc2)nn1)[C@H]1CCCO1. The summed E-state index contributed by atoms with van der Waals surface area (Å²) in [5.41, 5.74) is 1.64. The van der Waals surface area contributed by atoms with E-state index in [0.29, 0.717) is 12.2 Å². The fourth-order valence-electron chi connectivity index (χ4n) is 2.85. The lowest BCUT2D eigenvalue weighted by atomic mass is 10.1. The fourth-order valence-corrected chi connectivity index (χ4v) is 2.85. The minimum atomic E-state index is -0.202. The maximum Gasteiger partial charge on any atom is 0.315 e. The highest BCUT2D eigenvalue weighted by Gasteiger charge is 2.25. The Morgan fingerprint density at radius 2 is 2.25 bits per heavy atom. The highest BCUT2D eigenvalue weighted by molar-refractivity contribution is 5.74. The molecule has 2 amide bonds. The minimum Gasteiger partial charge on any atom is -0.376 e. The molecule has 2 N–H and O–H groups in total. The Kier molecular flexibility index (Phi) is 5.43. The van der Waals surface area contributed by atoms with Crippen LogP contribution in [0.4, 0.5) is 4.79 Å². The number of rotatable bonds is 6. The molecule has 1 aromatic heterocycles. The summed E-state index contributed by atoms with van der Waals surface area (Å²) in [4.78, 5) is 12.1. The number of carbonyl (C=O) groups excluding carboxylic acids is 1. The van der Waals surface area contributed by atoms with Crippen LogP contribution in [0.1, 0.15) is 31.9 Å². The minimum absolute atomic E-state index is 0.0486. The number of amides is 2. The number of para-hydroxylation sites is 1. The van der Waals surface area contributed by atoms with Gasteiger partial charge in [0.15, 0.2) is 0 Å². The topological polar surface area (TPSA) is 81.1 Å². The Hall–Kier alpha value is -2.41. The molecule has 0 bridgehead atoms. The second kappa shape index (κ2) is 7.92. The van der Waals surface area contributed by atoms with Gasteiger partial charge in [0.05, 0.1) is 30.6 Å². The Labute approximate surface area is 141 Å². The Morgan fingerprint density at radius 3 is 2.96 bits per heavy atom. The summed E-state index contributed by atoms with van der Waals surface area (Å²) in [5.74, 6) is 0. The molecule has 3 rings (SSSR count). The van der Waals surface area contributed by atoms with Crippen molar-refractivity contribution in [2.24, 2.45) is 0 Å². The van der Waals surface area contributed by atoms with E-state index in [1.165, 1.54) is 0 Å². The first-order chi connectivity index (χ1) is 11.8.